The van der Waals surface area contributed by atoms with Gasteiger partial charge in [-0.15, -0.1) is 23.8 Å². The molecule has 0 nitrogen and oxygen atoms in total. The van der Waals surface area contributed by atoms with Crippen LogP contribution in [0.2, 0.25) is 0 Å². The van der Waals surface area contributed by atoms with Crippen molar-refractivity contribution in [2.24, 2.45) is 0 Å². The van der Waals surface area contributed by atoms with Gasteiger partial charge >= 0.3 is 33.2 Å². The first-order chi connectivity index (χ1) is 11.5. The quantitative estimate of drug-likeness (QED) is 0.287. The Kier molecular flexibility index (Phi) is 46.6. The average Bonchev–Trinajstić information content (AvgIpc) is 2.61. The van der Waals surface area contributed by atoms with Crippen molar-refractivity contribution in [3.05, 3.63) is 0 Å². The van der Waals surface area contributed by atoms with Crippen molar-refractivity contribution in [2.75, 3.05) is 55.5 Å². The molecular formula is C18H45Cl2CoP3. The molecule has 0 aromatic rings. The third kappa shape index (κ3) is 32.1. The van der Waals surface area contributed by atoms with E-state index in [9.17, 15) is 0 Å². The fourth-order valence-electron chi connectivity index (χ4n) is 2.01. The van der Waals surface area contributed by atoms with Gasteiger partial charge in [-0.2, -0.15) is 0 Å². The van der Waals surface area contributed by atoms with Gasteiger partial charge in [0.15, 0.2) is 0 Å². The molecule has 0 N–H and O–H groups in total. The Morgan fingerprint density at radius 3 is 0.500 bits per heavy atom. The zero-order chi connectivity index (χ0) is 19.8. The van der Waals surface area contributed by atoms with Crippen LogP contribution in [0.3, 0.4) is 0 Å². The molecule has 0 aliphatic rings. The van der Waals surface area contributed by atoms with Crippen LogP contribution in [0.15, 0.2) is 0 Å². The predicted octanol–water partition coefficient (Wildman–Crippen LogP) is 8.96. The molecule has 0 aliphatic heterocycles. The van der Waals surface area contributed by atoms with Crippen molar-refractivity contribution >= 4 is 44.1 Å². The monoisotopic (exact) mass is 483 g/mol. The molecule has 0 radical (unpaired) electrons. The Morgan fingerprint density at radius 2 is 0.500 bits per heavy atom. The third-order valence-corrected chi connectivity index (χ3v) is 12.1. The summed E-state index contributed by atoms with van der Waals surface area (Å²) in [6.07, 6.45) is 12.8. The normalized spacial score (nSPS) is 9.92. The van der Waals surface area contributed by atoms with Crippen LogP contribution in [0.1, 0.15) is 62.3 Å². The summed E-state index contributed by atoms with van der Waals surface area (Å²) in [6, 6.07) is 0. The van der Waals surface area contributed by atoms with E-state index in [1.54, 1.807) is 0 Å². The van der Waals surface area contributed by atoms with Crippen molar-refractivity contribution in [3.8, 4) is 0 Å². The molecule has 0 aliphatic carbocycles. The Balaban J connectivity index is -0.000000115. The predicted molar refractivity (Wildman–Crippen MR) is 127 cm³/mol. The minimum atomic E-state index is 0.382. The van der Waals surface area contributed by atoms with Crippen molar-refractivity contribution in [1.29, 1.82) is 0 Å². The van der Waals surface area contributed by atoms with E-state index in [0.29, 0.717) is 36.7 Å². The van der Waals surface area contributed by atoms with Crippen molar-refractivity contribution in [3.63, 3.8) is 0 Å². The van der Waals surface area contributed by atoms with E-state index >= 15 is 0 Å². The molecule has 0 spiro atoms. The van der Waals surface area contributed by atoms with Gasteiger partial charge in [-0.1, -0.05) is 62.3 Å². The van der Waals surface area contributed by atoms with Gasteiger partial charge in [0.2, 0.25) is 0 Å². The van der Waals surface area contributed by atoms with Crippen LogP contribution < -0.4 is 0 Å². The Bertz CT molecular complexity index is 133. The summed E-state index contributed by atoms with van der Waals surface area (Å²) in [6.45, 7) is 20.6. The van der Waals surface area contributed by atoms with Crippen molar-refractivity contribution in [1.82, 2.24) is 0 Å². The van der Waals surface area contributed by atoms with Crippen LogP contribution in [0.5, 0.6) is 0 Å². The van der Waals surface area contributed by atoms with E-state index in [-0.39, 0.29) is 0 Å². The molecule has 0 aromatic carbocycles. The second kappa shape index (κ2) is 33.0. The first kappa shape index (κ1) is 33.9. The summed E-state index contributed by atoms with van der Waals surface area (Å²) < 4.78 is 0. The van der Waals surface area contributed by atoms with Crippen LogP contribution in [-0.4, -0.2) is 55.5 Å². The average molecular weight is 484 g/mol. The molecule has 0 amide bonds. The molecule has 0 aromatic heterocycles. The number of rotatable bonds is 9. The van der Waals surface area contributed by atoms with E-state index in [1.165, 1.54) is 55.5 Å². The molecule has 0 unspecified atom stereocenters. The molecule has 0 atom stereocenters. The SMILES string of the molecule is CCP(CC)CC.CCP(CC)CC.CCP(CC)CC.[Cl][Co][Cl]. The van der Waals surface area contributed by atoms with Crippen LogP contribution >= 0.6 is 44.1 Å². The van der Waals surface area contributed by atoms with Crippen LogP contribution in [0, 0.1) is 0 Å². The van der Waals surface area contributed by atoms with Gasteiger partial charge in [-0.05, 0) is 55.5 Å². The third-order valence-electron chi connectivity index (χ3n) is 4.02. The molecule has 0 rings (SSSR count). The van der Waals surface area contributed by atoms with Gasteiger partial charge < -0.3 is 0 Å². The van der Waals surface area contributed by atoms with E-state index in [4.69, 9.17) is 20.3 Å². The second-order valence-corrected chi connectivity index (χ2v) is 16.3. The molecule has 0 heterocycles. The fraction of sp³-hybridized carbons (Fsp3) is 1.00. The van der Waals surface area contributed by atoms with Gasteiger partial charge in [0, 0.05) is 0 Å². The van der Waals surface area contributed by atoms with Crippen LogP contribution in [0.25, 0.3) is 0 Å². The molecule has 0 saturated heterocycles. The summed E-state index contributed by atoms with van der Waals surface area (Å²) in [7, 11) is 10.8. The first-order valence-corrected chi connectivity index (χ1v) is 18.0. The van der Waals surface area contributed by atoms with Gasteiger partial charge in [-0.25, -0.2) is 0 Å². The standard InChI is InChI=1S/3C6H15P.2ClH.Co/c3*1-4-7(5-2)6-3;;;/h3*4-6H2,1-3H3;2*1H;/q;;;;;+2/p-2. The summed E-state index contributed by atoms with van der Waals surface area (Å²) in [5.41, 5.74) is 0. The molecule has 155 valence electrons. The van der Waals surface area contributed by atoms with Crippen molar-refractivity contribution < 1.29 is 12.9 Å². The molecule has 24 heavy (non-hydrogen) atoms. The fourth-order valence-corrected chi connectivity index (χ4v) is 6.04. The molecule has 0 saturated carbocycles. The van der Waals surface area contributed by atoms with E-state index in [2.05, 4.69) is 62.3 Å². The van der Waals surface area contributed by atoms with Crippen LogP contribution in [-0.2, 0) is 12.9 Å². The Labute approximate surface area is 174 Å². The first-order valence-electron chi connectivity index (χ1n) is 9.46. The zero-order valence-electron chi connectivity index (χ0n) is 17.8. The Morgan fingerprint density at radius 1 is 0.417 bits per heavy atom. The van der Waals surface area contributed by atoms with Crippen molar-refractivity contribution in [2.45, 2.75) is 62.3 Å². The maximum absolute atomic E-state index is 4.73. The second-order valence-electron chi connectivity index (χ2n) is 4.91. The van der Waals surface area contributed by atoms with Gasteiger partial charge in [0.05, 0.1) is 0 Å². The summed E-state index contributed by atoms with van der Waals surface area (Å²) >= 11 is 0.382. The summed E-state index contributed by atoms with van der Waals surface area (Å²) in [4.78, 5) is 0. The van der Waals surface area contributed by atoms with E-state index in [0.717, 1.165) is 0 Å². The van der Waals surface area contributed by atoms with E-state index < -0.39 is 0 Å². The molecule has 0 bridgehead atoms. The maximum atomic E-state index is 4.73. The van der Waals surface area contributed by atoms with Gasteiger partial charge in [-0.3, -0.25) is 0 Å². The van der Waals surface area contributed by atoms with Gasteiger partial charge in [0.25, 0.3) is 0 Å². The number of hydrogen-bond donors (Lipinski definition) is 0. The molecular weight excluding hydrogens is 439 g/mol. The molecule has 6 heteroatoms. The minimum absolute atomic E-state index is 0.382. The molecule has 0 fully saturated rings. The zero-order valence-corrected chi connectivity index (χ0v) is 23.0. The number of halogens is 2. The number of hydrogen-bond acceptors (Lipinski definition) is 0. The van der Waals surface area contributed by atoms with E-state index in [1.807, 2.05) is 0 Å². The topological polar surface area (TPSA) is 0 Å². The summed E-state index contributed by atoms with van der Waals surface area (Å²) in [5, 5.41) is 0. The Hall–Kier alpha value is 2.38. The van der Waals surface area contributed by atoms with Crippen LogP contribution in [0.4, 0.5) is 0 Å². The summed E-state index contributed by atoms with van der Waals surface area (Å²) in [5.74, 6) is 0. The van der Waals surface area contributed by atoms with Gasteiger partial charge in [0.1, 0.15) is 0 Å².